The third-order valence-electron chi connectivity index (χ3n) is 4.72. The average molecular weight is 519 g/mol. The third-order valence-corrected chi connectivity index (χ3v) is 4.72. The van der Waals surface area contributed by atoms with Gasteiger partial charge >= 0.3 is 5.97 Å². The molecular weight excluding hydrogens is 468 g/mol. The quantitative estimate of drug-likeness (QED) is 0.385. The maximum Gasteiger partial charge on any atom is 0.310 e. The van der Waals surface area contributed by atoms with Crippen molar-refractivity contribution in [2.24, 2.45) is 11.7 Å². The molecule has 1 fully saturated rings. The molecule has 0 saturated carbocycles. The first-order valence-corrected chi connectivity index (χ1v) is 13.5. The fourth-order valence-corrected chi connectivity index (χ4v) is 3.42. The first kappa shape index (κ1) is 35.9. The van der Waals surface area contributed by atoms with E-state index in [0.717, 1.165) is 42.9 Å². The van der Waals surface area contributed by atoms with Crippen molar-refractivity contribution in [1.29, 1.82) is 0 Å². The van der Waals surface area contributed by atoms with E-state index < -0.39 is 0 Å². The maximum absolute atomic E-state index is 12.1. The van der Waals surface area contributed by atoms with Crippen molar-refractivity contribution in [1.82, 2.24) is 19.5 Å². The summed E-state index contributed by atoms with van der Waals surface area (Å²) in [6.07, 6.45) is 11.3. The van der Waals surface area contributed by atoms with Gasteiger partial charge in [0.25, 0.3) is 0 Å². The molecule has 37 heavy (non-hydrogen) atoms. The fraction of sp³-hybridized carbons (Fsp3) is 0.607. The molecule has 2 aromatic rings. The normalized spacial score (nSPS) is 14.6. The van der Waals surface area contributed by atoms with E-state index in [0.29, 0.717) is 13.2 Å². The Labute approximate surface area is 224 Å². The minimum atomic E-state index is -0.333. The number of allylic oxidation sites excluding steroid dienone is 4. The van der Waals surface area contributed by atoms with Crippen LogP contribution >= 0.6 is 0 Å². The molecule has 9 heteroatoms. The molecular formula is C28H50N6O3. The highest BCUT2D eigenvalue weighted by Gasteiger charge is 2.29. The molecule has 0 spiro atoms. The first-order valence-electron chi connectivity index (χ1n) is 13.5. The van der Waals surface area contributed by atoms with Crippen molar-refractivity contribution in [2.45, 2.75) is 88.6 Å². The number of piperidine rings is 1. The van der Waals surface area contributed by atoms with Crippen LogP contribution in [0.2, 0.25) is 0 Å². The molecule has 3 heterocycles. The highest BCUT2D eigenvalue weighted by Crippen LogP contribution is 2.27. The van der Waals surface area contributed by atoms with Gasteiger partial charge in [0.05, 0.1) is 18.9 Å². The summed E-state index contributed by atoms with van der Waals surface area (Å²) in [5.74, 6) is 0.224. The molecule has 0 aliphatic carbocycles. The zero-order chi connectivity index (χ0) is 28.8. The van der Waals surface area contributed by atoms with Gasteiger partial charge in [0.15, 0.2) is 17.0 Å². The van der Waals surface area contributed by atoms with E-state index >= 15 is 0 Å². The smallest absolute Gasteiger partial charge is 0.310 e. The molecule has 3 rings (SSSR count). The number of imidazole rings is 1. The Morgan fingerprint density at radius 2 is 1.73 bits per heavy atom. The summed E-state index contributed by atoms with van der Waals surface area (Å²) in [6, 6.07) is 0. The van der Waals surface area contributed by atoms with E-state index in [1.54, 1.807) is 6.33 Å². The Morgan fingerprint density at radius 1 is 1.11 bits per heavy atom. The topological polar surface area (TPSA) is 116 Å². The van der Waals surface area contributed by atoms with Gasteiger partial charge < -0.3 is 19.9 Å². The van der Waals surface area contributed by atoms with Crippen molar-refractivity contribution in [2.75, 3.05) is 24.6 Å². The van der Waals surface area contributed by atoms with E-state index in [1.165, 1.54) is 12.5 Å². The van der Waals surface area contributed by atoms with Crippen LogP contribution in [0.5, 0.6) is 0 Å². The molecule has 210 valence electrons. The van der Waals surface area contributed by atoms with Crippen molar-refractivity contribution >= 4 is 28.9 Å². The van der Waals surface area contributed by atoms with Crippen molar-refractivity contribution in [3.8, 4) is 0 Å². The van der Waals surface area contributed by atoms with Gasteiger partial charge in [0.1, 0.15) is 6.33 Å². The maximum atomic E-state index is 12.1. The Hall–Kier alpha value is -3.23. The monoisotopic (exact) mass is 518 g/mol. The second-order valence-corrected chi connectivity index (χ2v) is 7.43. The molecule has 1 unspecified atom stereocenters. The number of nitrogens with zero attached hydrogens (tertiary/aromatic N) is 5. The largest absolute Gasteiger partial charge is 0.466 e. The molecule has 0 radical (unpaired) electrons. The van der Waals surface area contributed by atoms with Crippen LogP contribution in [0.15, 0.2) is 36.5 Å². The Kier molecular flexibility index (Phi) is 21.4. The number of anilines is 1. The highest BCUT2D eigenvalue weighted by molar-refractivity contribution is 5.84. The number of primary amides is 1. The molecule has 1 amide bonds. The lowest BCUT2D eigenvalue weighted by molar-refractivity contribution is -0.148. The lowest BCUT2D eigenvalue weighted by atomic mass is 9.98. The highest BCUT2D eigenvalue weighted by atomic mass is 16.5. The number of aromatic nitrogens is 4. The number of fused-ring (bicyclic) bond motifs is 1. The molecule has 0 bridgehead atoms. The third kappa shape index (κ3) is 13.0. The molecule has 1 atom stereocenters. The number of esters is 1. The van der Waals surface area contributed by atoms with Crippen LogP contribution in [0.4, 0.5) is 5.82 Å². The van der Waals surface area contributed by atoms with Gasteiger partial charge in [-0.1, -0.05) is 65.3 Å². The minimum absolute atomic E-state index is 0.114. The van der Waals surface area contributed by atoms with Gasteiger partial charge in [-0.25, -0.2) is 15.0 Å². The van der Waals surface area contributed by atoms with Crippen LogP contribution in [-0.4, -0.2) is 51.1 Å². The molecule has 0 aromatic carbocycles. The molecule has 2 N–H and O–H groups in total. The van der Waals surface area contributed by atoms with E-state index in [4.69, 9.17) is 4.74 Å². The lowest BCUT2D eigenvalue weighted by Crippen LogP contribution is -2.40. The first-order chi connectivity index (χ1) is 17.9. The van der Waals surface area contributed by atoms with Gasteiger partial charge in [0, 0.05) is 26.6 Å². The average Bonchev–Trinajstić information content (AvgIpc) is 3.33. The number of carbonyl (C=O) groups is 2. The van der Waals surface area contributed by atoms with Gasteiger partial charge in [-0.05, 0) is 33.6 Å². The van der Waals surface area contributed by atoms with E-state index in [1.807, 2.05) is 78.4 Å². The molecule has 1 aliphatic heterocycles. The number of amides is 1. The predicted octanol–water partition coefficient (Wildman–Crippen LogP) is 5.70. The number of rotatable bonds is 6. The summed E-state index contributed by atoms with van der Waals surface area (Å²) in [5.41, 5.74) is 7.28. The van der Waals surface area contributed by atoms with E-state index in [-0.39, 0.29) is 17.8 Å². The number of nitrogens with two attached hydrogens (primary N) is 1. The van der Waals surface area contributed by atoms with Crippen LogP contribution in [-0.2, 0) is 20.9 Å². The molecule has 2 aromatic heterocycles. The Morgan fingerprint density at radius 3 is 2.30 bits per heavy atom. The number of ether oxygens (including phenoxy) is 1. The van der Waals surface area contributed by atoms with Crippen LogP contribution in [0.1, 0.15) is 82.1 Å². The number of hydrogen-bond acceptors (Lipinski definition) is 7. The summed E-state index contributed by atoms with van der Waals surface area (Å²) in [4.78, 5) is 37.0. The molecule has 1 aliphatic rings. The Balaban J connectivity index is 0. The van der Waals surface area contributed by atoms with Crippen molar-refractivity contribution in [3.63, 3.8) is 0 Å². The zero-order valence-electron chi connectivity index (χ0n) is 24.7. The van der Waals surface area contributed by atoms with Gasteiger partial charge in [-0.15, -0.1) is 0 Å². The number of hydrogen-bond donors (Lipinski definition) is 1. The number of carbonyl (C=O) groups excluding carboxylic acids is 2. The standard InChI is InChI=1S/C20H27N5O2.C2H5NO.3C2H6/c1-4-6-8-15(3)11-25-14-23-17-18(21-13-22-19(17)25)24-10-7-9-16(12-24)20(26)27-5-2;1-2(3)4;3*1-2/h4,6,8,13-14,16H,5,7,9-12H2,1-3H3;1H3,(H2,3,4);3*1-2H3/b6-4-,15-8-;;;;. The Bertz CT molecular complexity index is 949. The zero-order valence-corrected chi connectivity index (χ0v) is 24.7. The van der Waals surface area contributed by atoms with E-state index in [2.05, 4.69) is 38.6 Å². The van der Waals surface area contributed by atoms with Crippen LogP contribution in [0.3, 0.4) is 0 Å². The summed E-state index contributed by atoms with van der Waals surface area (Å²) >= 11 is 0. The summed E-state index contributed by atoms with van der Waals surface area (Å²) in [7, 11) is 0. The van der Waals surface area contributed by atoms with Crippen LogP contribution < -0.4 is 10.6 Å². The van der Waals surface area contributed by atoms with E-state index in [9.17, 15) is 9.59 Å². The van der Waals surface area contributed by atoms with Crippen molar-refractivity contribution < 1.29 is 14.3 Å². The van der Waals surface area contributed by atoms with Crippen LogP contribution in [0, 0.1) is 5.92 Å². The lowest BCUT2D eigenvalue weighted by Gasteiger charge is -2.32. The summed E-state index contributed by atoms with van der Waals surface area (Å²) < 4.78 is 7.23. The fourth-order valence-electron chi connectivity index (χ4n) is 3.42. The summed E-state index contributed by atoms with van der Waals surface area (Å²) in [6.45, 7) is 21.8. The second-order valence-electron chi connectivity index (χ2n) is 7.43. The summed E-state index contributed by atoms with van der Waals surface area (Å²) in [5, 5.41) is 0. The van der Waals surface area contributed by atoms with Gasteiger partial charge in [-0.3, -0.25) is 9.59 Å². The predicted molar refractivity (Wildman–Crippen MR) is 154 cm³/mol. The second kappa shape index (κ2) is 22.0. The van der Waals surface area contributed by atoms with Crippen molar-refractivity contribution in [3.05, 3.63) is 36.5 Å². The molecule has 9 nitrogen and oxygen atoms in total. The van der Waals surface area contributed by atoms with Crippen LogP contribution in [0.25, 0.3) is 11.2 Å². The minimum Gasteiger partial charge on any atom is -0.466 e. The SMILES string of the molecule is C/C=C\C=C(\C)Cn1cnc2c(N3CCCC(C(=O)OCC)C3)ncnc21.CC.CC.CC.CC(N)=O. The molecule has 1 saturated heterocycles. The van der Waals surface area contributed by atoms with Gasteiger partial charge in [0.2, 0.25) is 5.91 Å². The van der Waals surface area contributed by atoms with Gasteiger partial charge in [-0.2, -0.15) is 0 Å².